The van der Waals surface area contributed by atoms with Gasteiger partial charge in [0.1, 0.15) is 6.10 Å². The van der Waals surface area contributed by atoms with Gasteiger partial charge in [0, 0.05) is 6.42 Å². The van der Waals surface area contributed by atoms with Gasteiger partial charge in [0.25, 0.3) is 0 Å². The summed E-state index contributed by atoms with van der Waals surface area (Å²) in [7, 11) is 0. The van der Waals surface area contributed by atoms with Gasteiger partial charge in [-0.3, -0.25) is 0 Å². The van der Waals surface area contributed by atoms with Crippen LogP contribution in [-0.2, 0) is 21.8 Å². The fourth-order valence-corrected chi connectivity index (χ4v) is 5.59. The molecule has 2 heterocycles. The first-order chi connectivity index (χ1) is 15.4. The Morgan fingerprint density at radius 2 is 1.13 bits per heavy atom. The molecular weight excluding hydrogens is 380 g/mol. The van der Waals surface area contributed by atoms with Crippen LogP contribution in [0.15, 0.2) is 103 Å². The van der Waals surface area contributed by atoms with E-state index in [2.05, 4.69) is 103 Å². The topological polar surface area (TPSA) is 18.5 Å². The van der Waals surface area contributed by atoms with E-state index < -0.39 is 5.60 Å². The molecule has 3 aliphatic rings. The number of fused-ring (bicyclic) bond motifs is 3. The Kier molecular flexibility index (Phi) is 3.49. The lowest BCUT2D eigenvalue weighted by Crippen LogP contribution is -2.45. The minimum Gasteiger partial charge on any atom is -0.222 e. The van der Waals surface area contributed by atoms with Gasteiger partial charge in [-0.1, -0.05) is 97.1 Å². The molecule has 31 heavy (non-hydrogen) atoms. The normalized spacial score (nSPS) is 21.2. The molecule has 0 aromatic heterocycles. The van der Waals surface area contributed by atoms with E-state index in [0.717, 1.165) is 0 Å². The van der Waals surface area contributed by atoms with Crippen LogP contribution in [0.5, 0.6) is 0 Å². The van der Waals surface area contributed by atoms with Crippen molar-refractivity contribution in [2.75, 3.05) is 0 Å². The van der Waals surface area contributed by atoms with Crippen LogP contribution in [0.1, 0.15) is 33.9 Å². The molecule has 0 N–H and O–H groups in total. The van der Waals surface area contributed by atoms with Crippen molar-refractivity contribution in [2.24, 2.45) is 0 Å². The third-order valence-corrected chi connectivity index (χ3v) is 6.95. The molecule has 0 unspecified atom stereocenters. The number of hydrogen-bond donors (Lipinski definition) is 0. The van der Waals surface area contributed by atoms with Crippen LogP contribution in [0.4, 0.5) is 0 Å². The van der Waals surface area contributed by atoms with Crippen molar-refractivity contribution in [1.82, 2.24) is 0 Å². The Labute approximate surface area is 180 Å². The van der Waals surface area contributed by atoms with E-state index in [1.807, 2.05) is 0 Å². The largest absolute Gasteiger partial charge is 0.222 e. The average molecular weight is 400 g/mol. The predicted molar refractivity (Wildman–Crippen MR) is 123 cm³/mol. The van der Waals surface area contributed by atoms with E-state index in [9.17, 15) is 0 Å². The molecule has 0 atom stereocenters. The van der Waals surface area contributed by atoms with E-state index in [-0.39, 0.29) is 6.10 Å². The van der Waals surface area contributed by atoms with Crippen LogP contribution >= 0.6 is 0 Å². The van der Waals surface area contributed by atoms with Crippen molar-refractivity contribution in [3.63, 3.8) is 0 Å². The van der Waals surface area contributed by atoms with Gasteiger partial charge < -0.3 is 0 Å². The number of hydrogen-bond acceptors (Lipinski definition) is 2. The smallest absolute Gasteiger partial charge is 0.158 e. The zero-order chi connectivity index (χ0) is 20.4. The molecule has 148 valence electrons. The minimum absolute atomic E-state index is 0.168. The highest BCUT2D eigenvalue weighted by Gasteiger charge is 2.51. The lowest BCUT2D eigenvalue weighted by atomic mass is 9.69. The second kappa shape index (κ2) is 6.27. The maximum atomic E-state index is 6.32. The standard InChI is InChI=1S/C29H20O2/c1-3-11-21-19(9-1)17-20-10-2-4-12-22(20)25(21)18-29-26-15-7-5-13-23(26)28(30-31-29)24-14-6-8-16-27(24)29/h1-17,28H,18H2. The fraction of sp³-hybridized carbons (Fsp3) is 0.103. The molecule has 0 saturated heterocycles. The van der Waals surface area contributed by atoms with Gasteiger partial charge in [-0.15, -0.1) is 0 Å². The third kappa shape index (κ3) is 2.29. The molecule has 0 radical (unpaired) electrons. The van der Waals surface area contributed by atoms with Crippen molar-refractivity contribution in [3.05, 3.63) is 131 Å². The number of rotatable bonds is 2. The zero-order valence-corrected chi connectivity index (χ0v) is 16.9. The van der Waals surface area contributed by atoms with E-state index in [1.165, 1.54) is 49.4 Å². The second-order valence-electron chi connectivity index (χ2n) is 8.54. The fourth-order valence-electron chi connectivity index (χ4n) is 5.59. The molecule has 5 aromatic carbocycles. The summed E-state index contributed by atoms with van der Waals surface area (Å²) in [6.45, 7) is 0. The summed E-state index contributed by atoms with van der Waals surface area (Å²) in [5.41, 5.74) is 5.45. The van der Waals surface area contributed by atoms with Gasteiger partial charge in [0.05, 0.1) is 0 Å². The van der Waals surface area contributed by atoms with Crippen molar-refractivity contribution < 1.29 is 9.78 Å². The van der Waals surface area contributed by atoms with Crippen LogP contribution in [0.25, 0.3) is 21.5 Å². The van der Waals surface area contributed by atoms with Crippen molar-refractivity contribution in [3.8, 4) is 0 Å². The third-order valence-electron chi connectivity index (χ3n) is 6.95. The SMILES string of the molecule is c1ccc2c(c1)C1OOC2(Cc2c3ccccc3cc3ccccc23)c2ccccc21. The summed E-state index contributed by atoms with van der Waals surface area (Å²) < 4.78 is 0. The summed E-state index contributed by atoms with van der Waals surface area (Å²) in [6, 6.07) is 36.7. The molecule has 2 nitrogen and oxygen atoms in total. The van der Waals surface area contributed by atoms with E-state index in [0.29, 0.717) is 6.42 Å². The first-order valence-corrected chi connectivity index (χ1v) is 10.8. The maximum absolute atomic E-state index is 6.32. The van der Waals surface area contributed by atoms with Gasteiger partial charge in [0.15, 0.2) is 5.60 Å². The highest BCUT2D eigenvalue weighted by Crippen LogP contribution is 2.55. The van der Waals surface area contributed by atoms with E-state index in [1.54, 1.807) is 0 Å². The summed E-state index contributed by atoms with van der Waals surface area (Å²) in [6.07, 6.45) is 0.536. The van der Waals surface area contributed by atoms with Gasteiger partial charge >= 0.3 is 0 Å². The van der Waals surface area contributed by atoms with E-state index in [4.69, 9.17) is 9.78 Å². The first kappa shape index (κ1) is 17.2. The van der Waals surface area contributed by atoms with Crippen LogP contribution in [-0.4, -0.2) is 0 Å². The molecule has 1 aliphatic carbocycles. The second-order valence-corrected chi connectivity index (χ2v) is 8.54. The highest BCUT2D eigenvalue weighted by atomic mass is 17.2. The maximum Gasteiger partial charge on any atom is 0.158 e. The molecule has 2 aliphatic heterocycles. The van der Waals surface area contributed by atoms with Crippen LogP contribution < -0.4 is 0 Å². The molecular formula is C29H20O2. The van der Waals surface area contributed by atoms with Gasteiger partial charge in [0.2, 0.25) is 0 Å². The molecule has 2 bridgehead atoms. The van der Waals surface area contributed by atoms with Crippen LogP contribution in [0, 0.1) is 0 Å². The highest BCUT2D eigenvalue weighted by molar-refractivity contribution is 6.02. The van der Waals surface area contributed by atoms with Crippen LogP contribution in [0.3, 0.4) is 0 Å². The van der Waals surface area contributed by atoms with Gasteiger partial charge in [-0.2, -0.15) is 0 Å². The summed E-state index contributed by atoms with van der Waals surface area (Å²) in [5.74, 6) is 0. The molecule has 0 fully saturated rings. The van der Waals surface area contributed by atoms with Gasteiger partial charge in [-0.05, 0) is 55.4 Å². The van der Waals surface area contributed by atoms with Crippen molar-refractivity contribution in [2.45, 2.75) is 18.1 Å². The van der Waals surface area contributed by atoms with Crippen molar-refractivity contribution >= 4 is 21.5 Å². The van der Waals surface area contributed by atoms with Crippen molar-refractivity contribution in [1.29, 1.82) is 0 Å². The number of benzene rings is 5. The van der Waals surface area contributed by atoms with Crippen LogP contribution in [0.2, 0.25) is 0 Å². The monoisotopic (exact) mass is 400 g/mol. The quantitative estimate of drug-likeness (QED) is 0.238. The Bertz CT molecular complexity index is 1380. The Hall–Kier alpha value is -3.46. The Balaban J connectivity index is 1.56. The predicted octanol–water partition coefficient (Wildman–Crippen LogP) is 6.84. The summed E-state index contributed by atoms with van der Waals surface area (Å²) >= 11 is 0. The summed E-state index contributed by atoms with van der Waals surface area (Å²) in [4.78, 5) is 12.3. The molecule has 0 amide bonds. The van der Waals surface area contributed by atoms with E-state index >= 15 is 0 Å². The zero-order valence-electron chi connectivity index (χ0n) is 16.9. The lowest BCUT2D eigenvalue weighted by molar-refractivity contribution is -0.396. The molecule has 2 heteroatoms. The average Bonchev–Trinajstić information content (AvgIpc) is 2.84. The van der Waals surface area contributed by atoms with Gasteiger partial charge in [-0.25, -0.2) is 9.78 Å². The lowest BCUT2D eigenvalue weighted by Gasteiger charge is -2.47. The Morgan fingerprint density at radius 3 is 1.74 bits per heavy atom. The molecule has 0 saturated carbocycles. The molecule has 5 aromatic rings. The molecule has 8 rings (SSSR count). The first-order valence-electron chi connectivity index (χ1n) is 10.8. The Morgan fingerprint density at radius 1 is 0.613 bits per heavy atom. The summed E-state index contributed by atoms with van der Waals surface area (Å²) in [5, 5.41) is 5.03. The molecule has 0 spiro atoms. The minimum atomic E-state index is -0.672.